The van der Waals surface area contributed by atoms with E-state index < -0.39 is 17.7 Å². The molecule has 6 nitrogen and oxygen atoms in total. The molecule has 3 heterocycles. The zero-order valence-electron chi connectivity index (χ0n) is 14.4. The van der Waals surface area contributed by atoms with Crippen molar-refractivity contribution in [2.75, 3.05) is 18.0 Å². The first kappa shape index (κ1) is 17.1. The summed E-state index contributed by atoms with van der Waals surface area (Å²) in [6.07, 6.45) is 4.44. The minimum absolute atomic E-state index is 0.327. The Bertz CT molecular complexity index is 828. The van der Waals surface area contributed by atoms with E-state index in [-0.39, 0.29) is 0 Å². The van der Waals surface area contributed by atoms with Gasteiger partial charge in [-0.15, -0.1) is 0 Å². The third kappa shape index (κ3) is 3.73. The van der Waals surface area contributed by atoms with Crippen molar-refractivity contribution in [3.63, 3.8) is 0 Å². The summed E-state index contributed by atoms with van der Waals surface area (Å²) in [5.41, 5.74) is 0.257. The fourth-order valence-electron chi connectivity index (χ4n) is 3.46. The van der Waals surface area contributed by atoms with Gasteiger partial charge in [0.25, 0.3) is 12.0 Å². The molecular formula is C18H21F2N5O. The van der Waals surface area contributed by atoms with Gasteiger partial charge in [0.05, 0.1) is 6.33 Å². The maximum atomic E-state index is 12.6. The lowest BCUT2D eigenvalue weighted by Crippen LogP contribution is -2.37. The molecule has 138 valence electrons. The standard InChI is InChI=1S/C18H21F2N5O/c19-18(20)15-8-17(26)25(11-23-15)9-12-3-5-24(6-4-12)16-7-14(13-1-2-13)21-10-22-16/h7-8,10-13,18H,1-6,9H2. The first-order valence-electron chi connectivity index (χ1n) is 9.01. The van der Waals surface area contributed by atoms with E-state index in [0.717, 1.165) is 43.5 Å². The number of halogens is 2. The summed E-state index contributed by atoms with van der Waals surface area (Å²) in [4.78, 5) is 26.7. The van der Waals surface area contributed by atoms with Crippen LogP contribution in [0.25, 0.3) is 0 Å². The molecule has 2 aliphatic rings. The Morgan fingerprint density at radius 2 is 1.85 bits per heavy atom. The summed E-state index contributed by atoms with van der Waals surface area (Å²) < 4.78 is 26.6. The number of aromatic nitrogens is 4. The van der Waals surface area contributed by atoms with Gasteiger partial charge in [-0.2, -0.15) is 0 Å². The Morgan fingerprint density at radius 1 is 1.08 bits per heavy atom. The molecule has 1 aliphatic carbocycles. The molecule has 0 amide bonds. The van der Waals surface area contributed by atoms with Crippen LogP contribution in [0.4, 0.5) is 14.6 Å². The molecule has 2 fully saturated rings. The van der Waals surface area contributed by atoms with Gasteiger partial charge >= 0.3 is 0 Å². The summed E-state index contributed by atoms with van der Waals surface area (Å²) in [7, 11) is 0. The van der Waals surface area contributed by atoms with Crippen LogP contribution in [-0.2, 0) is 6.54 Å². The molecular weight excluding hydrogens is 340 g/mol. The Morgan fingerprint density at radius 3 is 2.50 bits per heavy atom. The van der Waals surface area contributed by atoms with Crippen molar-refractivity contribution in [3.05, 3.63) is 46.5 Å². The number of piperidine rings is 1. The molecule has 0 radical (unpaired) electrons. The van der Waals surface area contributed by atoms with Gasteiger partial charge in [0.15, 0.2) is 0 Å². The van der Waals surface area contributed by atoms with Crippen molar-refractivity contribution < 1.29 is 8.78 Å². The quantitative estimate of drug-likeness (QED) is 0.819. The third-order valence-corrected chi connectivity index (χ3v) is 5.19. The molecule has 0 aromatic carbocycles. The second kappa shape index (κ2) is 7.09. The normalized spacial score (nSPS) is 18.5. The number of alkyl halides is 2. The average molecular weight is 361 g/mol. The summed E-state index contributed by atoms with van der Waals surface area (Å²) >= 11 is 0. The van der Waals surface area contributed by atoms with Crippen LogP contribution in [-0.4, -0.2) is 32.6 Å². The van der Waals surface area contributed by atoms with Gasteiger partial charge in [0.1, 0.15) is 17.8 Å². The number of hydrogen-bond donors (Lipinski definition) is 0. The number of anilines is 1. The molecule has 4 rings (SSSR count). The SMILES string of the molecule is O=c1cc(C(F)F)ncn1CC1CCN(c2cc(C3CC3)ncn2)CC1. The second-order valence-electron chi connectivity index (χ2n) is 7.11. The molecule has 0 spiro atoms. The van der Waals surface area contributed by atoms with Gasteiger partial charge in [-0.3, -0.25) is 9.36 Å². The average Bonchev–Trinajstić information content (AvgIpc) is 3.49. The van der Waals surface area contributed by atoms with Gasteiger partial charge < -0.3 is 4.90 Å². The zero-order valence-corrected chi connectivity index (χ0v) is 14.4. The first-order valence-corrected chi connectivity index (χ1v) is 9.01. The topological polar surface area (TPSA) is 63.9 Å². The lowest BCUT2D eigenvalue weighted by atomic mass is 9.96. The van der Waals surface area contributed by atoms with Crippen LogP contribution in [0.2, 0.25) is 0 Å². The van der Waals surface area contributed by atoms with Crippen molar-refractivity contribution in [2.45, 2.75) is 44.6 Å². The molecule has 2 aromatic heterocycles. The van der Waals surface area contributed by atoms with Crippen molar-refractivity contribution in [1.82, 2.24) is 19.5 Å². The molecule has 0 bridgehead atoms. The van der Waals surface area contributed by atoms with E-state index in [9.17, 15) is 13.6 Å². The van der Waals surface area contributed by atoms with Crippen LogP contribution in [0.3, 0.4) is 0 Å². The van der Waals surface area contributed by atoms with Crippen LogP contribution < -0.4 is 10.5 Å². The van der Waals surface area contributed by atoms with Crippen LogP contribution >= 0.6 is 0 Å². The van der Waals surface area contributed by atoms with Gasteiger partial charge in [-0.1, -0.05) is 0 Å². The van der Waals surface area contributed by atoms with Crippen molar-refractivity contribution in [3.8, 4) is 0 Å². The van der Waals surface area contributed by atoms with E-state index in [1.165, 1.54) is 23.7 Å². The van der Waals surface area contributed by atoms with Gasteiger partial charge in [-0.05, 0) is 31.6 Å². The van der Waals surface area contributed by atoms with Gasteiger partial charge in [0, 0.05) is 43.4 Å². The minimum atomic E-state index is -2.71. The molecule has 0 unspecified atom stereocenters. The van der Waals surface area contributed by atoms with Crippen LogP contribution in [0, 0.1) is 5.92 Å². The maximum Gasteiger partial charge on any atom is 0.280 e. The Kier molecular flexibility index (Phi) is 4.65. The highest BCUT2D eigenvalue weighted by Gasteiger charge is 2.27. The summed E-state index contributed by atoms with van der Waals surface area (Å²) in [6.45, 7) is 2.24. The molecule has 0 atom stereocenters. The van der Waals surface area contributed by atoms with Gasteiger partial charge in [-0.25, -0.2) is 23.7 Å². The lowest BCUT2D eigenvalue weighted by Gasteiger charge is -2.33. The lowest BCUT2D eigenvalue weighted by molar-refractivity contribution is 0.145. The zero-order chi connectivity index (χ0) is 18.1. The second-order valence-corrected chi connectivity index (χ2v) is 7.11. The largest absolute Gasteiger partial charge is 0.356 e. The van der Waals surface area contributed by atoms with E-state index in [4.69, 9.17) is 0 Å². The van der Waals surface area contributed by atoms with Crippen LogP contribution in [0.5, 0.6) is 0 Å². The van der Waals surface area contributed by atoms with E-state index >= 15 is 0 Å². The van der Waals surface area contributed by atoms with E-state index in [1.807, 2.05) is 0 Å². The molecule has 0 N–H and O–H groups in total. The van der Waals surface area contributed by atoms with E-state index in [2.05, 4.69) is 25.9 Å². The molecule has 1 saturated carbocycles. The van der Waals surface area contributed by atoms with Crippen LogP contribution in [0.1, 0.15) is 49.4 Å². The summed E-state index contributed by atoms with van der Waals surface area (Å²) in [5, 5.41) is 0. The van der Waals surface area contributed by atoms with Crippen molar-refractivity contribution in [1.29, 1.82) is 0 Å². The molecule has 26 heavy (non-hydrogen) atoms. The fraction of sp³-hybridized carbons (Fsp3) is 0.556. The smallest absolute Gasteiger partial charge is 0.280 e. The molecule has 2 aromatic rings. The molecule has 1 saturated heterocycles. The summed E-state index contributed by atoms with van der Waals surface area (Å²) in [5.74, 6) is 1.90. The van der Waals surface area contributed by atoms with E-state index in [0.29, 0.717) is 18.4 Å². The highest BCUT2D eigenvalue weighted by molar-refractivity contribution is 5.40. The van der Waals surface area contributed by atoms with E-state index in [1.54, 1.807) is 6.33 Å². The molecule has 8 heteroatoms. The van der Waals surface area contributed by atoms with Crippen LogP contribution in [0.15, 0.2) is 29.6 Å². The monoisotopic (exact) mass is 361 g/mol. The van der Waals surface area contributed by atoms with Crippen molar-refractivity contribution in [2.24, 2.45) is 5.92 Å². The Labute approximate surface area is 149 Å². The summed E-state index contributed by atoms with van der Waals surface area (Å²) in [6, 6.07) is 3.02. The highest BCUT2D eigenvalue weighted by Crippen LogP contribution is 2.39. The van der Waals surface area contributed by atoms with Gasteiger partial charge in [0.2, 0.25) is 0 Å². The predicted octanol–water partition coefficient (Wildman–Crippen LogP) is 2.76. The number of rotatable bonds is 5. The number of hydrogen-bond acceptors (Lipinski definition) is 5. The third-order valence-electron chi connectivity index (χ3n) is 5.19. The highest BCUT2D eigenvalue weighted by atomic mass is 19.3. The number of nitrogens with zero attached hydrogens (tertiary/aromatic N) is 5. The molecule has 1 aliphatic heterocycles. The maximum absolute atomic E-state index is 12.6. The minimum Gasteiger partial charge on any atom is -0.356 e. The Balaban J connectivity index is 1.36. The first-order chi connectivity index (χ1) is 12.6. The predicted molar refractivity (Wildman–Crippen MR) is 92.4 cm³/mol. The fourth-order valence-corrected chi connectivity index (χ4v) is 3.46. The Hall–Kier alpha value is -2.38. The van der Waals surface area contributed by atoms with Crippen molar-refractivity contribution >= 4 is 5.82 Å².